The number of hydrogen-bond donors (Lipinski definition) is 1. The lowest BCUT2D eigenvalue weighted by molar-refractivity contribution is -0.141. The second-order valence-corrected chi connectivity index (χ2v) is 12.3. The van der Waals surface area contributed by atoms with Crippen molar-refractivity contribution < 1.29 is 18.0 Å². The second kappa shape index (κ2) is 10.5. The van der Waals surface area contributed by atoms with Crippen LogP contribution in [0.15, 0.2) is 35.5 Å². The van der Waals surface area contributed by atoms with Crippen molar-refractivity contribution in [1.29, 1.82) is 5.26 Å². The Bertz CT molecular complexity index is 1350. The summed E-state index contributed by atoms with van der Waals surface area (Å²) in [5.74, 6) is -0.123. The summed E-state index contributed by atoms with van der Waals surface area (Å²) in [5, 5.41) is 12.9. The highest BCUT2D eigenvalue weighted by Gasteiger charge is 2.34. The van der Waals surface area contributed by atoms with Crippen LogP contribution in [0.5, 0.6) is 0 Å². The number of carbonyl (C=O) groups excluding carboxylic acids is 1. The van der Waals surface area contributed by atoms with Crippen LogP contribution >= 0.6 is 23.1 Å². The van der Waals surface area contributed by atoms with Crippen molar-refractivity contribution in [2.24, 2.45) is 11.3 Å². The number of nitrogens with zero attached hydrogens (tertiary/aromatic N) is 3. The van der Waals surface area contributed by atoms with Gasteiger partial charge in [0, 0.05) is 10.4 Å². The molecule has 2 heterocycles. The van der Waals surface area contributed by atoms with Crippen molar-refractivity contribution in [2.75, 3.05) is 11.1 Å². The monoisotopic (exact) mass is 544 g/mol. The van der Waals surface area contributed by atoms with Crippen LogP contribution in [0.2, 0.25) is 0 Å². The van der Waals surface area contributed by atoms with Crippen molar-refractivity contribution in [3.05, 3.63) is 57.6 Å². The van der Waals surface area contributed by atoms with Crippen LogP contribution in [0, 0.1) is 29.6 Å². The third kappa shape index (κ3) is 6.33. The highest BCUT2D eigenvalue weighted by atomic mass is 32.2. The lowest BCUT2D eigenvalue weighted by Gasteiger charge is -2.33. The highest BCUT2D eigenvalue weighted by Crippen LogP contribution is 2.44. The Balaban J connectivity index is 1.51. The van der Waals surface area contributed by atoms with E-state index in [0.29, 0.717) is 22.0 Å². The zero-order chi connectivity index (χ0) is 27.0. The van der Waals surface area contributed by atoms with Gasteiger partial charge in [-0.25, -0.2) is 9.97 Å². The van der Waals surface area contributed by atoms with Gasteiger partial charge >= 0.3 is 6.18 Å². The average molecular weight is 545 g/mol. The molecule has 2 aromatic heterocycles. The van der Waals surface area contributed by atoms with Gasteiger partial charge in [-0.3, -0.25) is 4.79 Å². The van der Waals surface area contributed by atoms with Gasteiger partial charge in [-0.05, 0) is 49.1 Å². The summed E-state index contributed by atoms with van der Waals surface area (Å²) in [6, 6.07) is 10.1. The molecule has 1 amide bonds. The van der Waals surface area contributed by atoms with Crippen LogP contribution < -0.4 is 5.32 Å². The number of nitriles is 1. The fourth-order valence-electron chi connectivity index (χ4n) is 4.33. The zero-order valence-electron chi connectivity index (χ0n) is 21.0. The van der Waals surface area contributed by atoms with E-state index in [-0.39, 0.29) is 22.0 Å². The van der Waals surface area contributed by atoms with E-state index in [1.165, 1.54) is 11.3 Å². The normalized spacial score (nSPS) is 15.7. The van der Waals surface area contributed by atoms with Gasteiger partial charge in [0.05, 0.1) is 17.0 Å². The second-order valence-electron chi connectivity index (χ2n) is 10.2. The Hall–Kier alpha value is -2.90. The van der Waals surface area contributed by atoms with Gasteiger partial charge in [-0.2, -0.15) is 18.4 Å². The molecule has 1 aliphatic carbocycles. The maximum atomic E-state index is 13.5. The predicted molar refractivity (Wildman–Crippen MR) is 141 cm³/mol. The number of hydrogen-bond acceptors (Lipinski definition) is 6. The molecule has 1 atom stereocenters. The highest BCUT2D eigenvalue weighted by molar-refractivity contribution is 7.99. The smallest absolute Gasteiger partial charge is 0.316 e. The quantitative estimate of drug-likeness (QED) is 0.270. The van der Waals surface area contributed by atoms with Gasteiger partial charge in [-0.15, -0.1) is 11.3 Å². The maximum absolute atomic E-state index is 13.5. The average Bonchev–Trinajstić information content (AvgIpc) is 3.18. The summed E-state index contributed by atoms with van der Waals surface area (Å²) in [6.45, 7) is 8.51. The molecule has 0 bridgehead atoms. The lowest BCUT2D eigenvalue weighted by atomic mass is 9.72. The van der Waals surface area contributed by atoms with Gasteiger partial charge in [0.15, 0.2) is 5.16 Å². The first-order chi connectivity index (χ1) is 17.3. The molecule has 194 valence electrons. The molecule has 0 unspecified atom stereocenters. The van der Waals surface area contributed by atoms with Gasteiger partial charge in [0.1, 0.15) is 16.8 Å². The molecule has 0 spiro atoms. The molecule has 0 aliphatic heterocycles. The molecule has 0 fully saturated rings. The summed E-state index contributed by atoms with van der Waals surface area (Å²) in [6.07, 6.45) is -2.01. The topological polar surface area (TPSA) is 78.7 Å². The molecule has 1 aliphatic rings. The molecule has 3 aromatic rings. The number of thioether (sulfide) groups is 1. The number of aromatic nitrogens is 2. The fourth-order valence-corrected chi connectivity index (χ4v) is 6.28. The molecule has 5 nitrogen and oxygen atoms in total. The molecule has 0 saturated heterocycles. The Morgan fingerprint density at radius 3 is 2.54 bits per heavy atom. The summed E-state index contributed by atoms with van der Waals surface area (Å²) < 4.78 is 40.5. The van der Waals surface area contributed by atoms with Gasteiger partial charge in [0.25, 0.3) is 0 Å². The van der Waals surface area contributed by atoms with Crippen LogP contribution in [0.25, 0.3) is 11.3 Å². The molecular weight excluding hydrogens is 517 g/mol. The minimum atomic E-state index is -4.65. The Morgan fingerprint density at radius 2 is 1.92 bits per heavy atom. The minimum absolute atomic E-state index is 0.135. The standard InChI is InChI=1S/C27H27F3N4OS2/c1-15-5-7-16(8-6-15)20-12-22(27(28,29)30)33-25(32-20)36-14-23(35)34-24-19(13-31)18-10-9-17(26(2,3)4)11-21(18)37-24/h5-8,12,17H,9-11,14H2,1-4H3,(H,34,35)/t17-/m0/s1. The first kappa shape index (κ1) is 27.1. The van der Waals surface area contributed by atoms with Crippen molar-refractivity contribution in [3.63, 3.8) is 0 Å². The summed E-state index contributed by atoms with van der Waals surface area (Å²) in [5.41, 5.74) is 2.21. The Kier molecular flexibility index (Phi) is 7.67. The number of rotatable bonds is 5. The van der Waals surface area contributed by atoms with E-state index in [4.69, 9.17) is 0 Å². The lowest BCUT2D eigenvalue weighted by Crippen LogP contribution is -2.26. The van der Waals surface area contributed by atoms with Crippen molar-refractivity contribution in [2.45, 2.75) is 58.3 Å². The zero-order valence-corrected chi connectivity index (χ0v) is 22.6. The SMILES string of the molecule is Cc1ccc(-c2cc(C(F)(F)F)nc(SCC(=O)Nc3sc4c(c3C#N)CC[C@H](C(C)(C)C)C4)n2)cc1. The molecule has 1 N–H and O–H groups in total. The van der Waals surface area contributed by atoms with Gasteiger partial charge < -0.3 is 5.32 Å². The number of anilines is 1. The summed E-state index contributed by atoms with van der Waals surface area (Å²) >= 11 is 2.25. The van der Waals surface area contributed by atoms with Crippen molar-refractivity contribution in [1.82, 2.24) is 9.97 Å². The van der Waals surface area contributed by atoms with Crippen LogP contribution in [0.3, 0.4) is 0 Å². The van der Waals surface area contributed by atoms with E-state index in [0.717, 1.165) is 53.1 Å². The molecule has 0 radical (unpaired) electrons. The number of thiophene rings is 1. The van der Waals surface area contributed by atoms with E-state index in [9.17, 15) is 23.2 Å². The van der Waals surface area contributed by atoms with E-state index < -0.39 is 17.8 Å². The van der Waals surface area contributed by atoms with Gasteiger partial charge in [-0.1, -0.05) is 62.4 Å². The third-order valence-electron chi connectivity index (χ3n) is 6.53. The number of halogens is 3. The van der Waals surface area contributed by atoms with E-state index in [1.807, 2.05) is 6.92 Å². The van der Waals surface area contributed by atoms with Crippen LogP contribution in [-0.4, -0.2) is 21.6 Å². The largest absolute Gasteiger partial charge is 0.433 e. The Labute approximate surface area is 222 Å². The van der Waals surface area contributed by atoms with Crippen molar-refractivity contribution >= 4 is 34.0 Å². The van der Waals surface area contributed by atoms with E-state index in [2.05, 4.69) is 42.1 Å². The number of amides is 1. The summed E-state index contributed by atoms with van der Waals surface area (Å²) in [4.78, 5) is 21.8. The van der Waals surface area contributed by atoms with Crippen LogP contribution in [-0.2, 0) is 23.8 Å². The number of nitrogens with one attached hydrogen (secondary N) is 1. The number of fused-ring (bicyclic) bond motifs is 1. The summed E-state index contributed by atoms with van der Waals surface area (Å²) in [7, 11) is 0. The predicted octanol–water partition coefficient (Wildman–Crippen LogP) is 7.29. The minimum Gasteiger partial charge on any atom is -0.316 e. The number of alkyl halides is 3. The van der Waals surface area contributed by atoms with Gasteiger partial charge in [0.2, 0.25) is 5.91 Å². The van der Waals surface area contributed by atoms with E-state index >= 15 is 0 Å². The fraction of sp³-hybridized carbons (Fsp3) is 0.407. The third-order valence-corrected chi connectivity index (χ3v) is 8.55. The first-order valence-corrected chi connectivity index (χ1v) is 13.7. The molecule has 0 saturated carbocycles. The van der Waals surface area contributed by atoms with Crippen LogP contribution in [0.1, 0.15) is 54.5 Å². The number of carbonyl (C=O) groups is 1. The molecule has 37 heavy (non-hydrogen) atoms. The van der Waals surface area contributed by atoms with E-state index in [1.54, 1.807) is 24.3 Å². The number of aryl methyl sites for hydroxylation is 1. The molecular formula is C27H27F3N4OS2. The molecule has 10 heteroatoms. The number of benzene rings is 1. The molecule has 4 rings (SSSR count). The maximum Gasteiger partial charge on any atom is 0.433 e. The first-order valence-electron chi connectivity index (χ1n) is 11.9. The molecule has 1 aromatic carbocycles. The van der Waals surface area contributed by atoms with Crippen molar-refractivity contribution in [3.8, 4) is 17.3 Å². The Morgan fingerprint density at radius 1 is 1.22 bits per heavy atom. The van der Waals surface area contributed by atoms with Crippen LogP contribution in [0.4, 0.5) is 18.2 Å².